The van der Waals surface area contributed by atoms with Crippen LogP contribution >= 0.6 is 0 Å². The number of hydrogen-bond donors (Lipinski definition) is 0. The SMILES string of the molecule is COC(=O)C(C)=[C-]C(C#N)=CN(C)C.[Y]. The molecule has 0 aliphatic carbocycles. The molecule has 0 aliphatic heterocycles. The van der Waals surface area contributed by atoms with Crippen molar-refractivity contribution in [3.8, 4) is 6.07 Å². The quantitative estimate of drug-likeness (QED) is 0.253. The first-order valence-corrected chi connectivity index (χ1v) is 3.98. The standard InChI is InChI=1S/C10H13N2O2.Y/c1-8(10(13)14-4)5-9(6-11)7-12(2)3;/h7H,1-4H3;/q-1;. The van der Waals surface area contributed by atoms with E-state index in [4.69, 9.17) is 5.26 Å². The van der Waals surface area contributed by atoms with Crippen LogP contribution in [0.2, 0.25) is 0 Å². The van der Waals surface area contributed by atoms with Crippen molar-refractivity contribution in [1.82, 2.24) is 4.90 Å². The van der Waals surface area contributed by atoms with Gasteiger partial charge in [0.05, 0.1) is 7.11 Å². The molecule has 15 heavy (non-hydrogen) atoms. The fraction of sp³-hybridized carbons (Fsp3) is 0.400. The molecule has 0 aromatic heterocycles. The van der Waals surface area contributed by atoms with Crippen molar-refractivity contribution >= 4 is 5.97 Å². The molecule has 0 aromatic rings. The van der Waals surface area contributed by atoms with E-state index >= 15 is 0 Å². The Bertz CT molecular complexity index is 314. The summed E-state index contributed by atoms with van der Waals surface area (Å²) in [6.45, 7) is 1.55. The van der Waals surface area contributed by atoms with Gasteiger partial charge in [-0.25, -0.2) is 0 Å². The van der Waals surface area contributed by atoms with Crippen LogP contribution in [0.4, 0.5) is 0 Å². The number of esters is 1. The molecule has 0 rings (SSSR count). The number of allylic oxidation sites excluding steroid dienone is 2. The second-order valence-corrected chi connectivity index (χ2v) is 2.86. The number of ether oxygens (including phenoxy) is 1. The first-order chi connectivity index (χ1) is 6.51. The Balaban J connectivity index is 0. The van der Waals surface area contributed by atoms with Crippen molar-refractivity contribution in [1.29, 1.82) is 5.26 Å². The van der Waals surface area contributed by atoms with Crippen molar-refractivity contribution in [3.05, 3.63) is 23.4 Å². The summed E-state index contributed by atoms with van der Waals surface area (Å²) in [6, 6.07) is 1.92. The minimum absolute atomic E-state index is 0. The number of carbonyl (C=O) groups excluding carboxylic acids is 1. The van der Waals surface area contributed by atoms with Gasteiger partial charge in [-0.2, -0.15) is 0 Å². The molecule has 0 amide bonds. The molecule has 0 N–H and O–H groups in total. The van der Waals surface area contributed by atoms with Gasteiger partial charge in [-0.1, -0.05) is 24.3 Å². The van der Waals surface area contributed by atoms with Gasteiger partial charge in [-0.3, -0.25) is 5.26 Å². The fourth-order valence-corrected chi connectivity index (χ4v) is 0.753. The topological polar surface area (TPSA) is 53.3 Å². The van der Waals surface area contributed by atoms with E-state index in [1.54, 1.807) is 32.1 Å². The van der Waals surface area contributed by atoms with Gasteiger partial charge in [0.15, 0.2) is 0 Å². The Morgan fingerprint density at radius 2 is 2.07 bits per heavy atom. The molecule has 4 nitrogen and oxygen atoms in total. The normalized spacial score (nSPS) is 11.1. The Kier molecular flexibility index (Phi) is 9.65. The average Bonchev–Trinajstić information content (AvgIpc) is 2.14. The molecule has 0 aromatic carbocycles. The minimum Gasteiger partial charge on any atom is -0.508 e. The van der Waals surface area contributed by atoms with Crippen molar-refractivity contribution in [2.75, 3.05) is 21.2 Å². The van der Waals surface area contributed by atoms with E-state index in [9.17, 15) is 4.79 Å². The second-order valence-electron chi connectivity index (χ2n) is 2.86. The number of carbonyl (C=O) groups is 1. The molecule has 0 unspecified atom stereocenters. The number of nitrogens with zero attached hydrogens (tertiary/aromatic N) is 2. The smallest absolute Gasteiger partial charge is 0.254 e. The third-order valence-corrected chi connectivity index (χ3v) is 1.32. The molecule has 0 fully saturated rings. The summed E-state index contributed by atoms with van der Waals surface area (Å²) in [5.74, 6) is -0.482. The predicted octanol–water partition coefficient (Wildman–Crippen LogP) is 0.875. The van der Waals surface area contributed by atoms with E-state index in [-0.39, 0.29) is 43.9 Å². The molecule has 0 saturated heterocycles. The van der Waals surface area contributed by atoms with Gasteiger partial charge in [0, 0.05) is 32.7 Å². The fourth-order valence-electron chi connectivity index (χ4n) is 0.753. The molecular formula is C10H13N2O2Y-. The van der Waals surface area contributed by atoms with E-state index in [0.29, 0.717) is 0 Å². The molecule has 5 heteroatoms. The zero-order valence-corrected chi connectivity index (χ0v) is 12.2. The third kappa shape index (κ3) is 7.29. The van der Waals surface area contributed by atoms with Gasteiger partial charge in [0.25, 0.3) is 5.97 Å². The third-order valence-electron chi connectivity index (χ3n) is 1.32. The van der Waals surface area contributed by atoms with Crippen molar-refractivity contribution < 1.29 is 42.2 Å². The molecule has 0 heterocycles. The summed E-state index contributed by atoms with van der Waals surface area (Å²) in [5, 5.41) is 8.71. The van der Waals surface area contributed by atoms with Gasteiger partial charge < -0.3 is 14.4 Å². The first-order valence-electron chi connectivity index (χ1n) is 3.98. The maximum Gasteiger partial charge on any atom is 0.254 e. The largest absolute Gasteiger partial charge is 0.508 e. The Morgan fingerprint density at radius 3 is 2.40 bits per heavy atom. The van der Waals surface area contributed by atoms with Crippen LogP contribution in [-0.4, -0.2) is 32.1 Å². The summed E-state index contributed by atoms with van der Waals surface area (Å²) in [5.41, 5.74) is 0.569. The van der Waals surface area contributed by atoms with E-state index in [2.05, 4.69) is 10.8 Å². The van der Waals surface area contributed by atoms with E-state index in [1.165, 1.54) is 7.11 Å². The Labute approximate surface area is 115 Å². The number of nitriles is 1. The molecule has 79 valence electrons. The molecule has 0 bridgehead atoms. The van der Waals surface area contributed by atoms with Gasteiger partial charge in [-0.05, 0) is 20.2 Å². The van der Waals surface area contributed by atoms with Gasteiger partial charge in [-0.15, -0.1) is 6.08 Å². The van der Waals surface area contributed by atoms with Crippen molar-refractivity contribution in [2.24, 2.45) is 0 Å². The van der Waals surface area contributed by atoms with E-state index in [0.717, 1.165) is 0 Å². The van der Waals surface area contributed by atoms with Crippen LogP contribution in [0.1, 0.15) is 6.92 Å². The van der Waals surface area contributed by atoms with E-state index < -0.39 is 5.97 Å². The van der Waals surface area contributed by atoms with Crippen LogP contribution in [0.3, 0.4) is 0 Å². The minimum atomic E-state index is -0.482. The van der Waals surface area contributed by atoms with Crippen LogP contribution < -0.4 is 0 Å². The van der Waals surface area contributed by atoms with Gasteiger partial charge in [0.2, 0.25) is 0 Å². The van der Waals surface area contributed by atoms with Crippen molar-refractivity contribution in [3.63, 3.8) is 0 Å². The second kappa shape index (κ2) is 8.64. The van der Waals surface area contributed by atoms with E-state index in [1.807, 2.05) is 6.07 Å². The zero-order valence-electron chi connectivity index (χ0n) is 9.37. The molecule has 0 spiro atoms. The number of hydrogen-bond acceptors (Lipinski definition) is 4. The maximum absolute atomic E-state index is 11.0. The summed E-state index contributed by atoms with van der Waals surface area (Å²) >= 11 is 0. The molecule has 1 radical (unpaired) electrons. The molecule has 0 aliphatic rings. The molecule has 0 atom stereocenters. The summed E-state index contributed by atoms with van der Waals surface area (Å²) < 4.78 is 4.47. The average molecular weight is 282 g/mol. The predicted molar refractivity (Wildman–Crippen MR) is 51.8 cm³/mol. The van der Waals surface area contributed by atoms with Crippen molar-refractivity contribution in [2.45, 2.75) is 6.92 Å². The maximum atomic E-state index is 11.0. The van der Waals surface area contributed by atoms with Crippen LogP contribution in [0.15, 0.2) is 17.3 Å². The summed E-state index contributed by atoms with van der Waals surface area (Å²) in [7, 11) is 4.86. The Hall–Kier alpha value is -0.656. The monoisotopic (exact) mass is 282 g/mol. The van der Waals surface area contributed by atoms with Crippen LogP contribution in [-0.2, 0) is 42.2 Å². The first kappa shape index (κ1) is 16.8. The number of rotatable bonds is 3. The van der Waals surface area contributed by atoms with Gasteiger partial charge in [0.1, 0.15) is 0 Å². The number of methoxy groups -OCH3 is 1. The van der Waals surface area contributed by atoms with Crippen LogP contribution in [0.25, 0.3) is 0 Å². The zero-order chi connectivity index (χ0) is 11.1. The summed E-state index contributed by atoms with van der Waals surface area (Å²) in [6.07, 6.45) is 4.22. The van der Waals surface area contributed by atoms with Gasteiger partial charge >= 0.3 is 0 Å². The molecule has 0 saturated carbocycles. The summed E-state index contributed by atoms with van der Waals surface area (Å²) in [4.78, 5) is 12.7. The van der Waals surface area contributed by atoms with Crippen LogP contribution in [0.5, 0.6) is 0 Å². The Morgan fingerprint density at radius 1 is 1.53 bits per heavy atom. The molecular weight excluding hydrogens is 269 g/mol. The van der Waals surface area contributed by atoms with Crippen LogP contribution in [0, 0.1) is 17.4 Å².